The topological polar surface area (TPSA) is 63.7 Å². The summed E-state index contributed by atoms with van der Waals surface area (Å²) in [6.45, 7) is 0. The fraction of sp³-hybridized carbons (Fsp3) is 0.154. The maximum atomic E-state index is 11.5. The Morgan fingerprint density at radius 1 is 1.26 bits per heavy atom. The lowest BCUT2D eigenvalue weighted by Gasteiger charge is -2.10. The molecule has 0 aromatic heterocycles. The van der Waals surface area contributed by atoms with Crippen LogP contribution in [0.5, 0.6) is 0 Å². The van der Waals surface area contributed by atoms with Crippen LogP contribution in [0.25, 0.3) is 6.08 Å². The molecule has 5 nitrogen and oxygen atoms in total. The highest BCUT2D eigenvalue weighted by molar-refractivity contribution is 6.30. The van der Waals surface area contributed by atoms with E-state index >= 15 is 0 Å². The SMILES string of the molecule is O=C(C=Cc1cccc(Cl)c1)ON1C(=O)CCC1=O. The lowest BCUT2D eigenvalue weighted by molar-refractivity contribution is -0.193. The monoisotopic (exact) mass is 279 g/mol. The molecule has 0 spiro atoms. The molecule has 6 heteroatoms. The van der Waals surface area contributed by atoms with Crippen molar-refractivity contribution in [1.82, 2.24) is 5.06 Å². The third-order valence-corrected chi connectivity index (χ3v) is 2.68. The number of hydroxylamine groups is 2. The van der Waals surface area contributed by atoms with Gasteiger partial charge in [0.15, 0.2) is 0 Å². The second kappa shape index (κ2) is 5.67. The van der Waals surface area contributed by atoms with Crippen molar-refractivity contribution < 1.29 is 19.2 Å². The van der Waals surface area contributed by atoms with Crippen molar-refractivity contribution in [3.63, 3.8) is 0 Å². The molecule has 1 aromatic rings. The first kappa shape index (κ1) is 13.3. The van der Waals surface area contributed by atoms with Crippen LogP contribution >= 0.6 is 11.6 Å². The number of rotatable bonds is 3. The highest BCUT2D eigenvalue weighted by Gasteiger charge is 2.32. The Bertz CT molecular complexity index is 552. The smallest absolute Gasteiger partial charge is 0.326 e. The zero-order valence-electron chi connectivity index (χ0n) is 9.84. The molecule has 1 aliphatic rings. The molecule has 2 rings (SSSR count). The van der Waals surface area contributed by atoms with E-state index in [-0.39, 0.29) is 12.8 Å². The summed E-state index contributed by atoms with van der Waals surface area (Å²) < 4.78 is 0. The van der Waals surface area contributed by atoms with Gasteiger partial charge in [0.2, 0.25) is 0 Å². The molecule has 0 aliphatic carbocycles. The average Bonchev–Trinajstić information content (AvgIpc) is 2.68. The molecular weight excluding hydrogens is 270 g/mol. The number of hydrogen-bond donors (Lipinski definition) is 0. The molecule has 0 saturated carbocycles. The molecule has 2 amide bonds. The molecule has 1 aromatic carbocycles. The first-order valence-electron chi connectivity index (χ1n) is 5.57. The molecule has 19 heavy (non-hydrogen) atoms. The van der Waals surface area contributed by atoms with Crippen LogP contribution in [-0.2, 0) is 19.2 Å². The van der Waals surface area contributed by atoms with E-state index in [0.717, 1.165) is 6.08 Å². The average molecular weight is 280 g/mol. The first-order chi connectivity index (χ1) is 9.06. The summed E-state index contributed by atoms with van der Waals surface area (Å²) >= 11 is 5.79. The van der Waals surface area contributed by atoms with Gasteiger partial charge in [-0.3, -0.25) is 9.59 Å². The van der Waals surface area contributed by atoms with E-state index in [1.165, 1.54) is 6.08 Å². The lowest BCUT2D eigenvalue weighted by atomic mass is 10.2. The molecule has 0 radical (unpaired) electrons. The van der Waals surface area contributed by atoms with Crippen molar-refractivity contribution in [3.8, 4) is 0 Å². The number of hydrogen-bond acceptors (Lipinski definition) is 4. The van der Waals surface area contributed by atoms with Crippen molar-refractivity contribution in [2.75, 3.05) is 0 Å². The highest BCUT2D eigenvalue weighted by atomic mass is 35.5. The zero-order valence-corrected chi connectivity index (χ0v) is 10.6. The van der Waals surface area contributed by atoms with Gasteiger partial charge in [-0.25, -0.2) is 4.79 Å². The Labute approximate surface area is 114 Å². The molecule has 0 bridgehead atoms. The van der Waals surface area contributed by atoms with Gasteiger partial charge in [0.1, 0.15) is 0 Å². The van der Waals surface area contributed by atoms with Gasteiger partial charge in [-0.1, -0.05) is 23.7 Å². The van der Waals surface area contributed by atoms with E-state index in [0.29, 0.717) is 15.6 Å². The summed E-state index contributed by atoms with van der Waals surface area (Å²) in [5.74, 6) is -1.80. The van der Waals surface area contributed by atoms with Gasteiger partial charge < -0.3 is 4.84 Å². The van der Waals surface area contributed by atoms with Crippen LogP contribution in [0.4, 0.5) is 0 Å². The molecule has 98 valence electrons. The number of nitrogens with zero attached hydrogens (tertiary/aromatic N) is 1. The van der Waals surface area contributed by atoms with E-state index in [1.807, 2.05) is 0 Å². The fourth-order valence-electron chi connectivity index (χ4n) is 1.55. The van der Waals surface area contributed by atoms with Gasteiger partial charge in [0.25, 0.3) is 11.8 Å². The minimum absolute atomic E-state index is 0.0735. The number of halogens is 1. The second-order valence-corrected chi connectivity index (χ2v) is 4.32. The van der Waals surface area contributed by atoms with Gasteiger partial charge in [0, 0.05) is 23.9 Å². The van der Waals surface area contributed by atoms with Crippen molar-refractivity contribution in [3.05, 3.63) is 40.9 Å². The van der Waals surface area contributed by atoms with Crippen molar-refractivity contribution in [1.29, 1.82) is 0 Å². The van der Waals surface area contributed by atoms with Crippen LogP contribution in [0.2, 0.25) is 5.02 Å². The number of carbonyl (C=O) groups is 3. The van der Waals surface area contributed by atoms with Crippen molar-refractivity contribution in [2.24, 2.45) is 0 Å². The molecule has 0 N–H and O–H groups in total. The Morgan fingerprint density at radius 3 is 2.58 bits per heavy atom. The fourth-order valence-corrected chi connectivity index (χ4v) is 1.75. The predicted octanol–water partition coefficient (Wildman–Crippen LogP) is 1.96. The van der Waals surface area contributed by atoms with E-state index in [9.17, 15) is 14.4 Å². The van der Waals surface area contributed by atoms with E-state index in [2.05, 4.69) is 4.84 Å². The maximum Gasteiger partial charge on any atom is 0.356 e. The zero-order chi connectivity index (χ0) is 13.8. The Kier molecular flexibility index (Phi) is 3.97. The summed E-state index contributed by atoms with van der Waals surface area (Å²) in [5.41, 5.74) is 0.712. The minimum atomic E-state index is -0.788. The molecular formula is C13H10ClNO4. The van der Waals surface area contributed by atoms with E-state index < -0.39 is 17.8 Å². The van der Waals surface area contributed by atoms with Gasteiger partial charge in [-0.15, -0.1) is 5.06 Å². The Balaban J connectivity index is 1.98. The van der Waals surface area contributed by atoms with Crippen LogP contribution in [0.3, 0.4) is 0 Å². The summed E-state index contributed by atoms with van der Waals surface area (Å²) in [6.07, 6.45) is 2.76. The summed E-state index contributed by atoms with van der Waals surface area (Å²) in [6, 6.07) is 6.86. The summed E-state index contributed by atoms with van der Waals surface area (Å²) in [5, 5.41) is 1.05. The number of carbonyl (C=O) groups excluding carboxylic acids is 3. The summed E-state index contributed by atoms with van der Waals surface area (Å²) in [7, 11) is 0. The number of imide groups is 1. The number of benzene rings is 1. The van der Waals surface area contributed by atoms with Crippen molar-refractivity contribution in [2.45, 2.75) is 12.8 Å². The van der Waals surface area contributed by atoms with Gasteiger partial charge in [-0.05, 0) is 23.8 Å². The van der Waals surface area contributed by atoms with E-state index in [1.54, 1.807) is 24.3 Å². The highest BCUT2D eigenvalue weighted by Crippen LogP contribution is 2.14. The van der Waals surface area contributed by atoms with Crippen LogP contribution in [0.1, 0.15) is 18.4 Å². The molecule has 1 heterocycles. The molecule has 0 unspecified atom stereocenters. The quantitative estimate of drug-likeness (QED) is 0.627. The molecule has 1 saturated heterocycles. The van der Waals surface area contributed by atoms with Crippen LogP contribution < -0.4 is 0 Å². The normalized spacial score (nSPS) is 15.3. The van der Waals surface area contributed by atoms with Crippen molar-refractivity contribution >= 4 is 35.5 Å². The second-order valence-electron chi connectivity index (χ2n) is 3.88. The maximum absolute atomic E-state index is 11.5. The third-order valence-electron chi connectivity index (χ3n) is 2.45. The standard InChI is InChI=1S/C13H10ClNO4/c14-10-3-1-2-9(8-10)4-7-13(18)19-15-11(16)5-6-12(15)17/h1-4,7-8H,5-6H2. The first-order valence-corrected chi connectivity index (χ1v) is 5.95. The predicted molar refractivity (Wildman–Crippen MR) is 67.7 cm³/mol. The Hall–Kier alpha value is -2.14. The van der Waals surface area contributed by atoms with Gasteiger partial charge >= 0.3 is 5.97 Å². The third kappa shape index (κ3) is 3.42. The van der Waals surface area contributed by atoms with Gasteiger partial charge in [0.05, 0.1) is 0 Å². The molecule has 0 atom stereocenters. The lowest BCUT2D eigenvalue weighted by Crippen LogP contribution is -2.31. The van der Waals surface area contributed by atoms with E-state index in [4.69, 9.17) is 11.6 Å². The minimum Gasteiger partial charge on any atom is -0.326 e. The number of amides is 2. The molecule has 1 fully saturated rings. The molecule has 1 aliphatic heterocycles. The van der Waals surface area contributed by atoms with Gasteiger partial charge in [-0.2, -0.15) is 0 Å². The van der Waals surface area contributed by atoms with Crippen LogP contribution in [0, 0.1) is 0 Å². The Morgan fingerprint density at radius 2 is 1.95 bits per heavy atom. The van der Waals surface area contributed by atoms with Crippen LogP contribution in [-0.4, -0.2) is 22.8 Å². The largest absolute Gasteiger partial charge is 0.356 e. The van der Waals surface area contributed by atoms with Crippen LogP contribution in [0.15, 0.2) is 30.3 Å². The summed E-state index contributed by atoms with van der Waals surface area (Å²) in [4.78, 5) is 38.6.